The van der Waals surface area contributed by atoms with Crippen LogP contribution in [0.15, 0.2) is 54.6 Å². The zero-order chi connectivity index (χ0) is 17.0. The third-order valence-electron chi connectivity index (χ3n) is 4.00. The summed E-state index contributed by atoms with van der Waals surface area (Å²) in [6.45, 7) is 4.75. The van der Waals surface area contributed by atoms with Gasteiger partial charge in [0.2, 0.25) is 0 Å². The molecule has 0 saturated heterocycles. The molecule has 0 saturated carbocycles. The number of hydrogen-bond acceptors (Lipinski definition) is 2. The van der Waals surface area contributed by atoms with Crippen molar-refractivity contribution in [1.82, 2.24) is 10.6 Å². The molecule has 0 atom stereocenters. The first kappa shape index (κ1) is 18.2. The molecule has 3 heteroatoms. The highest BCUT2D eigenvalue weighted by Crippen LogP contribution is 2.06. The highest BCUT2D eigenvalue weighted by atomic mass is 16.1. The first-order chi connectivity index (χ1) is 11.8. The molecule has 0 aromatic heterocycles. The lowest BCUT2D eigenvalue weighted by atomic mass is 10.1. The van der Waals surface area contributed by atoms with Crippen LogP contribution in [0.4, 0.5) is 0 Å². The number of carbonyl (C=O) groups excluding carboxylic acids is 1. The molecule has 128 valence electrons. The second kappa shape index (κ2) is 10.6. The normalized spacial score (nSPS) is 10.5. The lowest BCUT2D eigenvalue weighted by Crippen LogP contribution is -2.28. The van der Waals surface area contributed by atoms with Crippen LogP contribution in [-0.2, 0) is 12.8 Å². The SMILES string of the molecule is CCCc1ccc(C(=O)NCCCNCCc2ccccc2)cc1. The predicted molar refractivity (Wildman–Crippen MR) is 100 cm³/mol. The van der Waals surface area contributed by atoms with Crippen LogP contribution in [0.5, 0.6) is 0 Å². The van der Waals surface area contributed by atoms with Gasteiger partial charge in [0.25, 0.3) is 5.91 Å². The molecule has 0 heterocycles. The van der Waals surface area contributed by atoms with Gasteiger partial charge < -0.3 is 10.6 Å². The molecule has 0 fully saturated rings. The Balaban J connectivity index is 1.56. The molecule has 1 amide bonds. The van der Waals surface area contributed by atoms with E-state index in [0.717, 1.165) is 44.3 Å². The van der Waals surface area contributed by atoms with Crippen molar-refractivity contribution in [2.75, 3.05) is 19.6 Å². The minimum atomic E-state index is 0.0161. The number of hydrogen-bond donors (Lipinski definition) is 2. The number of benzene rings is 2. The van der Waals surface area contributed by atoms with Crippen LogP contribution in [0.1, 0.15) is 41.3 Å². The van der Waals surface area contributed by atoms with Crippen molar-refractivity contribution in [3.05, 3.63) is 71.3 Å². The largest absolute Gasteiger partial charge is 0.352 e. The summed E-state index contributed by atoms with van der Waals surface area (Å²) in [5.41, 5.74) is 3.38. The van der Waals surface area contributed by atoms with Crippen molar-refractivity contribution in [3.63, 3.8) is 0 Å². The third kappa shape index (κ3) is 6.55. The van der Waals surface area contributed by atoms with Crippen LogP contribution in [0.3, 0.4) is 0 Å². The van der Waals surface area contributed by atoms with Crippen LogP contribution in [-0.4, -0.2) is 25.5 Å². The van der Waals surface area contributed by atoms with Crippen molar-refractivity contribution in [2.24, 2.45) is 0 Å². The molecule has 0 aliphatic carbocycles. The number of amides is 1. The highest BCUT2D eigenvalue weighted by Gasteiger charge is 2.04. The molecule has 2 N–H and O–H groups in total. The number of nitrogens with one attached hydrogen (secondary N) is 2. The van der Waals surface area contributed by atoms with E-state index in [1.807, 2.05) is 30.3 Å². The molecule has 3 nitrogen and oxygen atoms in total. The fraction of sp³-hybridized carbons (Fsp3) is 0.381. The molecular weight excluding hydrogens is 296 g/mol. The summed E-state index contributed by atoms with van der Waals surface area (Å²) >= 11 is 0. The molecule has 2 aromatic rings. The van der Waals surface area contributed by atoms with Gasteiger partial charge >= 0.3 is 0 Å². The zero-order valence-corrected chi connectivity index (χ0v) is 14.6. The lowest BCUT2D eigenvalue weighted by molar-refractivity contribution is 0.0953. The summed E-state index contributed by atoms with van der Waals surface area (Å²) in [6, 6.07) is 18.4. The molecule has 2 aromatic carbocycles. The van der Waals surface area contributed by atoms with E-state index in [4.69, 9.17) is 0 Å². The fourth-order valence-corrected chi connectivity index (χ4v) is 2.63. The minimum Gasteiger partial charge on any atom is -0.352 e. The summed E-state index contributed by atoms with van der Waals surface area (Å²) in [6.07, 6.45) is 4.17. The lowest BCUT2D eigenvalue weighted by Gasteiger charge is -2.07. The maximum absolute atomic E-state index is 12.1. The van der Waals surface area contributed by atoms with Gasteiger partial charge in [-0.05, 0) is 55.6 Å². The zero-order valence-electron chi connectivity index (χ0n) is 14.6. The Hall–Kier alpha value is -2.13. The van der Waals surface area contributed by atoms with Gasteiger partial charge in [-0.3, -0.25) is 4.79 Å². The molecule has 0 bridgehead atoms. The Morgan fingerprint density at radius 3 is 2.25 bits per heavy atom. The van der Waals surface area contributed by atoms with Crippen molar-refractivity contribution in [3.8, 4) is 0 Å². The minimum absolute atomic E-state index is 0.0161. The Labute approximate surface area is 145 Å². The first-order valence-electron chi connectivity index (χ1n) is 8.91. The smallest absolute Gasteiger partial charge is 0.251 e. The van der Waals surface area contributed by atoms with Gasteiger partial charge in [-0.15, -0.1) is 0 Å². The molecular formula is C21H28N2O. The Morgan fingerprint density at radius 2 is 1.54 bits per heavy atom. The predicted octanol–water partition coefficient (Wildman–Crippen LogP) is 3.59. The first-order valence-corrected chi connectivity index (χ1v) is 8.91. The van der Waals surface area contributed by atoms with E-state index in [9.17, 15) is 4.79 Å². The van der Waals surface area contributed by atoms with Crippen LogP contribution in [0.2, 0.25) is 0 Å². The molecule has 0 aliphatic heterocycles. The van der Waals surface area contributed by atoms with E-state index in [-0.39, 0.29) is 5.91 Å². The molecule has 2 rings (SSSR count). The quantitative estimate of drug-likeness (QED) is 0.656. The van der Waals surface area contributed by atoms with Crippen LogP contribution in [0.25, 0.3) is 0 Å². The van der Waals surface area contributed by atoms with Crippen molar-refractivity contribution < 1.29 is 4.79 Å². The average Bonchev–Trinajstić information content (AvgIpc) is 2.62. The molecule has 24 heavy (non-hydrogen) atoms. The summed E-state index contributed by atoms with van der Waals surface area (Å²) < 4.78 is 0. The summed E-state index contributed by atoms with van der Waals surface area (Å²) in [5, 5.41) is 6.40. The van der Waals surface area contributed by atoms with Gasteiger partial charge in [-0.25, -0.2) is 0 Å². The Morgan fingerprint density at radius 1 is 0.833 bits per heavy atom. The average molecular weight is 324 g/mol. The van der Waals surface area contributed by atoms with E-state index < -0.39 is 0 Å². The van der Waals surface area contributed by atoms with Gasteiger partial charge in [0.05, 0.1) is 0 Å². The van der Waals surface area contributed by atoms with Crippen molar-refractivity contribution in [2.45, 2.75) is 32.6 Å². The fourth-order valence-electron chi connectivity index (χ4n) is 2.63. The summed E-state index contributed by atoms with van der Waals surface area (Å²) in [4.78, 5) is 12.1. The topological polar surface area (TPSA) is 41.1 Å². The maximum Gasteiger partial charge on any atom is 0.251 e. The standard InChI is InChI=1S/C21H28N2O/c1-2-7-18-10-12-20(13-11-18)21(24)23-16-6-15-22-17-14-19-8-4-3-5-9-19/h3-5,8-13,22H,2,6-7,14-17H2,1H3,(H,23,24). The van der Waals surface area contributed by atoms with Gasteiger partial charge in [-0.1, -0.05) is 55.8 Å². The van der Waals surface area contributed by atoms with Crippen LogP contribution < -0.4 is 10.6 Å². The number of rotatable bonds is 10. The van der Waals surface area contributed by atoms with E-state index in [0.29, 0.717) is 6.54 Å². The molecule has 0 spiro atoms. The number of aryl methyl sites for hydroxylation is 1. The van der Waals surface area contributed by atoms with Gasteiger partial charge in [-0.2, -0.15) is 0 Å². The molecule has 0 unspecified atom stereocenters. The summed E-state index contributed by atoms with van der Waals surface area (Å²) in [5.74, 6) is 0.0161. The second-order valence-electron chi connectivity index (χ2n) is 6.04. The second-order valence-corrected chi connectivity index (χ2v) is 6.04. The van der Waals surface area contributed by atoms with Crippen LogP contribution in [0, 0.1) is 0 Å². The Bertz CT molecular complexity index is 593. The van der Waals surface area contributed by atoms with E-state index >= 15 is 0 Å². The summed E-state index contributed by atoms with van der Waals surface area (Å²) in [7, 11) is 0. The molecule has 0 radical (unpaired) electrons. The maximum atomic E-state index is 12.1. The van der Waals surface area contributed by atoms with E-state index in [2.05, 4.69) is 41.8 Å². The van der Waals surface area contributed by atoms with E-state index in [1.54, 1.807) is 0 Å². The third-order valence-corrected chi connectivity index (χ3v) is 4.00. The van der Waals surface area contributed by atoms with Crippen molar-refractivity contribution in [1.29, 1.82) is 0 Å². The monoisotopic (exact) mass is 324 g/mol. The Kier molecular flexibility index (Phi) is 8.05. The van der Waals surface area contributed by atoms with Crippen LogP contribution >= 0.6 is 0 Å². The number of carbonyl (C=O) groups is 1. The highest BCUT2D eigenvalue weighted by molar-refractivity contribution is 5.94. The van der Waals surface area contributed by atoms with Crippen molar-refractivity contribution >= 4 is 5.91 Å². The van der Waals surface area contributed by atoms with E-state index in [1.165, 1.54) is 11.1 Å². The van der Waals surface area contributed by atoms with Gasteiger partial charge in [0.15, 0.2) is 0 Å². The van der Waals surface area contributed by atoms with Gasteiger partial charge in [0, 0.05) is 12.1 Å². The molecule has 0 aliphatic rings. The van der Waals surface area contributed by atoms with Gasteiger partial charge in [0.1, 0.15) is 0 Å².